The fourth-order valence-electron chi connectivity index (χ4n) is 2.55. The van der Waals surface area contributed by atoms with Crippen molar-refractivity contribution in [2.75, 3.05) is 12.8 Å². The summed E-state index contributed by atoms with van der Waals surface area (Å²) in [5.74, 6) is 0.460. The van der Waals surface area contributed by atoms with Crippen LogP contribution in [0.3, 0.4) is 0 Å². The Balaban J connectivity index is 2.11. The fraction of sp³-hybridized carbons (Fsp3) is 0.118. The molecule has 0 saturated heterocycles. The van der Waals surface area contributed by atoms with Crippen LogP contribution in [0.2, 0.25) is 0 Å². The Hall–Kier alpha value is -3.19. The first kappa shape index (κ1) is 15.7. The van der Waals surface area contributed by atoms with Crippen LogP contribution in [0.1, 0.15) is 5.69 Å². The van der Waals surface area contributed by atoms with Crippen LogP contribution in [0, 0.1) is 10.1 Å². The molecule has 0 spiro atoms. The number of benzene rings is 2. The average Bonchev–Trinajstić information content (AvgIpc) is 2.92. The quantitative estimate of drug-likeness (QED) is 0.574. The van der Waals surface area contributed by atoms with Gasteiger partial charge in [-0.25, -0.2) is 4.68 Å². The first-order chi connectivity index (χ1) is 11.6. The predicted molar refractivity (Wildman–Crippen MR) is 90.8 cm³/mol. The summed E-state index contributed by atoms with van der Waals surface area (Å²) in [4.78, 5) is 10.3. The second-order valence-corrected chi connectivity index (χ2v) is 5.19. The number of nitrogen functional groups attached to an aromatic ring is 1. The molecular weight excluding hydrogens is 308 g/mol. The van der Waals surface area contributed by atoms with E-state index in [9.17, 15) is 10.1 Å². The van der Waals surface area contributed by atoms with Crippen LogP contribution in [0.25, 0.3) is 16.8 Å². The predicted octanol–water partition coefficient (Wildman–Crippen LogP) is 3.18. The summed E-state index contributed by atoms with van der Waals surface area (Å²) in [5, 5.41) is 15.3. The Morgan fingerprint density at radius 3 is 2.42 bits per heavy atom. The van der Waals surface area contributed by atoms with Crippen LogP contribution in [-0.2, 0) is 11.3 Å². The van der Waals surface area contributed by atoms with E-state index in [2.05, 4.69) is 5.10 Å². The molecule has 0 bridgehead atoms. The van der Waals surface area contributed by atoms with Crippen molar-refractivity contribution in [2.24, 2.45) is 0 Å². The minimum absolute atomic E-state index is 0.0184. The van der Waals surface area contributed by atoms with Gasteiger partial charge in [0.2, 0.25) is 0 Å². The number of hydrogen-bond donors (Lipinski definition) is 1. The topological polar surface area (TPSA) is 96.2 Å². The van der Waals surface area contributed by atoms with Gasteiger partial charge >= 0.3 is 0 Å². The highest BCUT2D eigenvalue weighted by molar-refractivity contribution is 5.77. The van der Waals surface area contributed by atoms with E-state index < -0.39 is 4.92 Å². The number of nitro groups is 1. The van der Waals surface area contributed by atoms with Gasteiger partial charge in [0.05, 0.1) is 22.9 Å². The Morgan fingerprint density at radius 1 is 1.17 bits per heavy atom. The number of anilines is 1. The zero-order valence-corrected chi connectivity index (χ0v) is 13.0. The van der Waals surface area contributed by atoms with Gasteiger partial charge in [0.25, 0.3) is 5.69 Å². The summed E-state index contributed by atoms with van der Waals surface area (Å²) in [6.45, 7) is 0.314. The van der Waals surface area contributed by atoms with Crippen LogP contribution in [0.4, 0.5) is 11.5 Å². The first-order valence-electron chi connectivity index (χ1n) is 7.28. The third-order valence-corrected chi connectivity index (χ3v) is 3.64. The number of nitrogens with zero attached hydrogens (tertiary/aromatic N) is 3. The molecule has 1 heterocycles. The Morgan fingerprint density at radius 2 is 1.83 bits per heavy atom. The summed E-state index contributed by atoms with van der Waals surface area (Å²) in [5.41, 5.74) is 9.43. The zero-order chi connectivity index (χ0) is 17.1. The standard InChI is InChI=1S/C17H16N4O3/c1-24-11-15-16(12-5-3-2-4-6-12)17(18)20(19-15)13-7-9-14(10-8-13)21(22)23/h2-10H,11,18H2,1H3. The van der Waals surface area contributed by atoms with Crippen molar-refractivity contribution < 1.29 is 9.66 Å². The van der Waals surface area contributed by atoms with Gasteiger partial charge < -0.3 is 10.5 Å². The van der Waals surface area contributed by atoms with Crippen molar-refractivity contribution in [3.63, 3.8) is 0 Å². The smallest absolute Gasteiger partial charge is 0.269 e. The SMILES string of the molecule is COCc1nn(-c2ccc([N+](=O)[O-])cc2)c(N)c1-c1ccccc1. The molecule has 7 heteroatoms. The van der Waals surface area contributed by atoms with Crippen molar-refractivity contribution in [3.8, 4) is 16.8 Å². The lowest BCUT2D eigenvalue weighted by molar-refractivity contribution is -0.384. The van der Waals surface area contributed by atoms with Gasteiger partial charge in [0.1, 0.15) is 5.82 Å². The van der Waals surface area contributed by atoms with E-state index in [0.29, 0.717) is 23.8 Å². The highest BCUT2D eigenvalue weighted by Gasteiger charge is 2.18. The third-order valence-electron chi connectivity index (χ3n) is 3.64. The molecule has 0 aliphatic rings. The number of hydrogen-bond acceptors (Lipinski definition) is 5. The Labute approximate surface area is 138 Å². The van der Waals surface area contributed by atoms with Gasteiger partial charge in [-0.15, -0.1) is 0 Å². The highest BCUT2D eigenvalue weighted by Crippen LogP contribution is 2.32. The molecule has 0 atom stereocenters. The molecule has 0 unspecified atom stereocenters. The minimum atomic E-state index is -0.442. The van der Waals surface area contributed by atoms with Gasteiger partial charge in [-0.3, -0.25) is 10.1 Å². The van der Waals surface area contributed by atoms with Crippen molar-refractivity contribution in [3.05, 3.63) is 70.4 Å². The minimum Gasteiger partial charge on any atom is -0.383 e. The van der Waals surface area contributed by atoms with Crippen LogP contribution in [0.5, 0.6) is 0 Å². The molecule has 0 radical (unpaired) electrons. The second-order valence-electron chi connectivity index (χ2n) is 5.19. The maximum Gasteiger partial charge on any atom is 0.269 e. The Bertz CT molecular complexity index is 858. The van der Waals surface area contributed by atoms with Crippen molar-refractivity contribution >= 4 is 11.5 Å². The molecule has 7 nitrogen and oxygen atoms in total. The van der Waals surface area contributed by atoms with Gasteiger partial charge in [0, 0.05) is 24.8 Å². The maximum absolute atomic E-state index is 10.8. The Kier molecular flexibility index (Phi) is 4.26. The molecule has 24 heavy (non-hydrogen) atoms. The van der Waals surface area contributed by atoms with E-state index in [4.69, 9.17) is 10.5 Å². The van der Waals surface area contributed by atoms with Gasteiger partial charge in [0.15, 0.2) is 0 Å². The summed E-state index contributed by atoms with van der Waals surface area (Å²) in [6.07, 6.45) is 0. The molecule has 3 rings (SSSR count). The molecule has 0 saturated carbocycles. The zero-order valence-electron chi connectivity index (χ0n) is 13.0. The van der Waals surface area contributed by atoms with Crippen LogP contribution < -0.4 is 5.73 Å². The van der Waals surface area contributed by atoms with E-state index in [0.717, 1.165) is 11.1 Å². The lowest BCUT2D eigenvalue weighted by Gasteiger charge is -2.05. The van der Waals surface area contributed by atoms with Crippen molar-refractivity contribution in [2.45, 2.75) is 6.61 Å². The molecule has 0 aliphatic heterocycles. The number of aromatic nitrogens is 2. The highest BCUT2D eigenvalue weighted by atomic mass is 16.6. The second kappa shape index (κ2) is 6.51. The third kappa shape index (κ3) is 2.84. The van der Waals surface area contributed by atoms with E-state index >= 15 is 0 Å². The normalized spacial score (nSPS) is 10.7. The fourth-order valence-corrected chi connectivity index (χ4v) is 2.55. The van der Waals surface area contributed by atoms with E-state index in [1.165, 1.54) is 12.1 Å². The molecule has 3 aromatic rings. The number of nitro benzene ring substituents is 1. The molecular formula is C17H16N4O3. The van der Waals surface area contributed by atoms with E-state index in [-0.39, 0.29) is 5.69 Å². The monoisotopic (exact) mass is 324 g/mol. The number of methoxy groups -OCH3 is 1. The first-order valence-corrected chi connectivity index (χ1v) is 7.28. The van der Waals surface area contributed by atoms with Crippen molar-refractivity contribution in [1.29, 1.82) is 0 Å². The number of ether oxygens (including phenoxy) is 1. The number of nitrogens with two attached hydrogens (primary N) is 1. The van der Waals surface area contributed by atoms with Crippen LogP contribution >= 0.6 is 0 Å². The molecule has 0 amide bonds. The molecule has 1 aromatic heterocycles. The van der Waals surface area contributed by atoms with Crippen LogP contribution in [-0.4, -0.2) is 21.8 Å². The summed E-state index contributed by atoms with van der Waals surface area (Å²) < 4.78 is 6.79. The maximum atomic E-state index is 10.8. The summed E-state index contributed by atoms with van der Waals surface area (Å²) >= 11 is 0. The van der Waals surface area contributed by atoms with Gasteiger partial charge in [-0.05, 0) is 17.7 Å². The van der Waals surface area contributed by atoms with Crippen LogP contribution in [0.15, 0.2) is 54.6 Å². The largest absolute Gasteiger partial charge is 0.383 e. The summed E-state index contributed by atoms with van der Waals surface area (Å²) in [7, 11) is 1.59. The number of non-ortho nitro benzene ring substituents is 1. The number of rotatable bonds is 5. The van der Waals surface area contributed by atoms with Crippen molar-refractivity contribution in [1.82, 2.24) is 9.78 Å². The molecule has 2 aromatic carbocycles. The van der Waals surface area contributed by atoms with Gasteiger partial charge in [-0.1, -0.05) is 30.3 Å². The van der Waals surface area contributed by atoms with Gasteiger partial charge in [-0.2, -0.15) is 5.10 Å². The average molecular weight is 324 g/mol. The lowest BCUT2D eigenvalue weighted by atomic mass is 10.1. The summed E-state index contributed by atoms with van der Waals surface area (Å²) in [6, 6.07) is 15.8. The molecule has 0 aliphatic carbocycles. The van der Waals surface area contributed by atoms with E-state index in [1.807, 2.05) is 30.3 Å². The molecule has 0 fully saturated rings. The lowest BCUT2D eigenvalue weighted by Crippen LogP contribution is -2.02. The van der Waals surface area contributed by atoms with E-state index in [1.54, 1.807) is 23.9 Å². The molecule has 122 valence electrons. The molecule has 2 N–H and O–H groups in total.